The molecule has 0 spiro atoms. The Morgan fingerprint density at radius 3 is 2.11 bits per heavy atom. The number of nitrogens with zero attached hydrogens (tertiary/aromatic N) is 2. The summed E-state index contributed by atoms with van der Waals surface area (Å²) in [4.78, 5) is 18.8. The van der Waals surface area contributed by atoms with E-state index in [0.29, 0.717) is 38.0 Å². The van der Waals surface area contributed by atoms with E-state index in [0.717, 1.165) is 145 Å². The van der Waals surface area contributed by atoms with Crippen LogP contribution in [0.5, 0.6) is 0 Å². The quantitative estimate of drug-likeness (QED) is 0.0474. The van der Waals surface area contributed by atoms with Crippen LogP contribution in [0.15, 0.2) is 94.7 Å². The van der Waals surface area contributed by atoms with Crippen molar-refractivity contribution in [3.8, 4) is 0 Å². The third kappa shape index (κ3) is 15.2. The SMILES string of the molecule is CC1(C)/C(=C\C=C2/CCCC(/C=C/C3N(CCCCS(=O)(=O)[O-])c4ccccc4C3(C)C)=C2Cl)N(CCCCCC(=O)CC23C[CH-]CC[CH-]CC(N)(CNCCNC2)CNCCNC3)c2ccccc21.[Cu+2]. The van der Waals surface area contributed by atoms with Gasteiger partial charge in [-0.25, -0.2) is 21.3 Å². The van der Waals surface area contributed by atoms with E-state index < -0.39 is 10.1 Å². The number of halogens is 1. The molecule has 0 amide bonds. The zero-order valence-corrected chi connectivity index (χ0v) is 45.5. The summed E-state index contributed by atoms with van der Waals surface area (Å²) in [5.41, 5.74) is 14.5. The van der Waals surface area contributed by atoms with Crippen molar-refractivity contribution < 1.29 is 34.8 Å². The Hall–Kier alpha value is -2.81. The van der Waals surface area contributed by atoms with E-state index in [1.165, 1.54) is 22.5 Å². The van der Waals surface area contributed by atoms with Crippen molar-refractivity contribution in [1.29, 1.82) is 0 Å². The van der Waals surface area contributed by atoms with E-state index in [-0.39, 0.29) is 50.6 Å². The fraction of sp³-hybridized carbons (Fsp3) is 0.596. The molecule has 5 heterocycles. The van der Waals surface area contributed by atoms with Gasteiger partial charge < -0.3 is 54.2 Å². The fourth-order valence-corrected chi connectivity index (χ4v) is 12.6. The van der Waals surface area contributed by atoms with Crippen LogP contribution in [0.3, 0.4) is 0 Å². The van der Waals surface area contributed by atoms with Crippen molar-refractivity contribution in [3.63, 3.8) is 0 Å². The van der Waals surface area contributed by atoms with Crippen LogP contribution in [0, 0.1) is 18.3 Å². The molecule has 2 bridgehead atoms. The predicted molar refractivity (Wildman–Crippen MR) is 289 cm³/mol. The van der Waals surface area contributed by atoms with Crippen molar-refractivity contribution >= 4 is 38.9 Å². The summed E-state index contributed by atoms with van der Waals surface area (Å²) in [5, 5.41) is 15.4. The van der Waals surface area contributed by atoms with Gasteiger partial charge in [-0.1, -0.05) is 100 Å². The number of hydrogen-bond acceptors (Lipinski definition) is 11. The molecule has 1 radical (unpaired) electrons. The number of carbonyl (C=O) groups is 1. The summed E-state index contributed by atoms with van der Waals surface area (Å²) in [6.45, 7) is 17.2. The van der Waals surface area contributed by atoms with Crippen molar-refractivity contribution in [2.24, 2.45) is 11.1 Å². The second-order valence-electron chi connectivity index (χ2n) is 22.1. The number of allylic oxidation sites excluding steroid dienone is 7. The molecule has 0 saturated carbocycles. The molecule has 1 atom stereocenters. The van der Waals surface area contributed by atoms with Gasteiger partial charge in [0.25, 0.3) is 0 Å². The van der Waals surface area contributed by atoms with Crippen LogP contribution in [-0.4, -0.2) is 102 Å². The minimum absolute atomic E-state index is 0. The molecule has 71 heavy (non-hydrogen) atoms. The number of hydrogen-bond donors (Lipinski definition) is 5. The smallest absolute Gasteiger partial charge is 0.748 e. The third-order valence-electron chi connectivity index (χ3n) is 15.7. The Morgan fingerprint density at radius 1 is 0.803 bits per heavy atom. The number of unbranched alkanes of at least 4 members (excludes halogenated alkanes) is 3. The number of Topliss-reactive ketones (excluding diaryl/α,β-unsaturated/α-hetero) is 1. The van der Waals surface area contributed by atoms with Gasteiger partial charge in [-0.2, -0.15) is 12.8 Å². The first-order chi connectivity index (χ1) is 33.5. The predicted octanol–water partition coefficient (Wildman–Crippen LogP) is 8.87. The average molecular weight is 1060 g/mol. The van der Waals surface area contributed by atoms with Gasteiger partial charge >= 0.3 is 17.1 Å². The minimum atomic E-state index is -4.25. The number of nitrogens with two attached hydrogens (primary N) is 1. The van der Waals surface area contributed by atoms with Gasteiger partial charge in [0.05, 0.1) is 16.2 Å². The van der Waals surface area contributed by atoms with Crippen LogP contribution in [0.4, 0.5) is 11.4 Å². The largest absolute Gasteiger partial charge is 2.00 e. The molecule has 14 heteroatoms. The van der Waals surface area contributed by atoms with E-state index in [2.05, 4.69) is 144 Å². The first kappa shape index (κ1) is 57.5. The van der Waals surface area contributed by atoms with Crippen molar-refractivity contribution in [3.05, 3.63) is 119 Å². The van der Waals surface area contributed by atoms with Crippen molar-refractivity contribution in [2.45, 2.75) is 140 Å². The maximum absolute atomic E-state index is 13.9. The molecule has 0 aromatic heterocycles. The number of anilines is 2. The fourth-order valence-electron chi connectivity index (χ4n) is 11.8. The number of rotatable bonds is 16. The van der Waals surface area contributed by atoms with Crippen LogP contribution >= 0.6 is 11.6 Å². The third-order valence-corrected chi connectivity index (χ3v) is 17.0. The Balaban J connectivity index is 0.00000825. The van der Waals surface area contributed by atoms with E-state index in [9.17, 15) is 17.8 Å². The Kier molecular flexibility index (Phi) is 21.1. The summed E-state index contributed by atoms with van der Waals surface area (Å²) < 4.78 is 34.0. The normalized spacial score (nSPS) is 26.6. The second-order valence-corrected chi connectivity index (χ2v) is 24.0. The summed E-state index contributed by atoms with van der Waals surface area (Å²) in [6.07, 6.45) is 25.4. The van der Waals surface area contributed by atoms with Gasteiger partial charge in [0.2, 0.25) is 0 Å². The molecule has 8 rings (SSSR count). The molecular formula is C57H83ClCuN7O4S-. The number of benzene rings is 2. The number of ketones is 1. The van der Waals surface area contributed by atoms with Gasteiger partial charge in [-0.15, -0.1) is 0 Å². The molecule has 5 aliphatic heterocycles. The minimum Gasteiger partial charge on any atom is -0.748 e. The summed E-state index contributed by atoms with van der Waals surface area (Å²) in [5.74, 6) is 0.0244. The zero-order chi connectivity index (χ0) is 49.8. The molecule has 6 N–H and O–H groups in total. The van der Waals surface area contributed by atoms with Crippen LogP contribution in [0.2, 0.25) is 0 Å². The van der Waals surface area contributed by atoms with Crippen LogP contribution in [0.1, 0.15) is 129 Å². The number of nitrogens with one attached hydrogen (secondary N) is 4. The van der Waals surface area contributed by atoms with Crippen molar-refractivity contribution in [2.75, 3.05) is 81.0 Å². The first-order valence-electron chi connectivity index (χ1n) is 26.4. The molecule has 3 saturated heterocycles. The second kappa shape index (κ2) is 26.1. The zero-order valence-electron chi connectivity index (χ0n) is 43.0. The molecule has 6 aliphatic rings. The van der Waals surface area contributed by atoms with Gasteiger partial charge in [-0.05, 0) is 90.8 Å². The molecule has 1 aliphatic carbocycles. The summed E-state index contributed by atoms with van der Waals surface area (Å²) >= 11 is 7.34. The van der Waals surface area contributed by atoms with Gasteiger partial charge in [-0.3, -0.25) is 4.79 Å². The van der Waals surface area contributed by atoms with E-state index >= 15 is 0 Å². The number of para-hydroxylation sites is 2. The molecule has 2 aromatic carbocycles. The van der Waals surface area contributed by atoms with Gasteiger partial charge in [0, 0.05) is 123 Å². The van der Waals surface area contributed by atoms with Crippen LogP contribution < -0.4 is 36.8 Å². The molecule has 3 fully saturated rings. The Morgan fingerprint density at radius 2 is 1.42 bits per heavy atom. The summed E-state index contributed by atoms with van der Waals surface area (Å²) in [6, 6.07) is 17.3. The van der Waals surface area contributed by atoms with E-state index in [1.807, 2.05) is 0 Å². The number of fused-ring (bicyclic) bond motifs is 17. The average Bonchev–Trinajstić information content (AvgIpc) is 3.67. The molecular weight excluding hydrogens is 978 g/mol. The van der Waals surface area contributed by atoms with Gasteiger partial charge in [0.1, 0.15) is 5.78 Å². The number of carbonyl (C=O) groups excluding carboxylic acids is 1. The van der Waals surface area contributed by atoms with Gasteiger partial charge in [0.15, 0.2) is 0 Å². The monoisotopic (exact) mass is 1060 g/mol. The van der Waals surface area contributed by atoms with Crippen LogP contribution in [-0.2, 0) is 42.8 Å². The molecule has 11 nitrogen and oxygen atoms in total. The van der Waals surface area contributed by atoms with E-state index in [1.54, 1.807) is 0 Å². The summed E-state index contributed by atoms with van der Waals surface area (Å²) in [7, 11) is -4.25. The maximum atomic E-state index is 13.9. The Labute approximate surface area is 443 Å². The standard InChI is InChI=1S/C57H84ClN7O4S.Cu/c1-54(2)47-22-9-11-24-49(47)64(36-15-7-8-21-46(66)39-56-30-13-5-6-14-31-57(59,42-62-34-32-60-40-56)43-63-35-33-61-41-56)51(54)28-26-44-19-18-20-45(53(44)58)27-29-52-55(3,4)48-23-10-12-25-50(48)65(52)37-16-17-38-70(67,68)69;/h9-14,22-29,52,60-63H,5-8,15-21,30-43,59H2,1-4H3,(H,67,68,69);/q-2;+2/p-1/b29-27+,44-26+,51-28+;. The first-order valence-corrected chi connectivity index (χ1v) is 28.4. The molecule has 2 aromatic rings. The Bertz CT molecular complexity index is 2290. The van der Waals surface area contributed by atoms with E-state index in [4.69, 9.17) is 17.3 Å². The molecule has 1 unspecified atom stereocenters. The maximum Gasteiger partial charge on any atom is 2.00 e. The molecule has 395 valence electrons. The van der Waals surface area contributed by atoms with Crippen LogP contribution in [0.25, 0.3) is 0 Å². The topological polar surface area (TPSA) is 155 Å². The van der Waals surface area contributed by atoms with Crippen molar-refractivity contribution in [1.82, 2.24) is 21.3 Å².